The molecule has 1 aliphatic heterocycles. The Labute approximate surface area is 116 Å². The summed E-state index contributed by atoms with van der Waals surface area (Å²) in [7, 11) is 0. The highest BCUT2D eigenvalue weighted by atomic mass is 35.5. The molecule has 0 spiro atoms. The third-order valence-corrected chi connectivity index (χ3v) is 5.19. The van der Waals surface area contributed by atoms with Gasteiger partial charge in [-0.15, -0.1) is 22.7 Å². The number of ether oxygens (including phenoxy) is 1. The maximum atomic E-state index is 12.2. The van der Waals surface area contributed by atoms with E-state index in [1.165, 1.54) is 0 Å². The van der Waals surface area contributed by atoms with E-state index in [2.05, 4.69) is 0 Å². The van der Waals surface area contributed by atoms with Gasteiger partial charge in [-0.05, 0) is 11.6 Å². The van der Waals surface area contributed by atoms with Crippen LogP contribution in [-0.2, 0) is 4.74 Å². The first kappa shape index (κ1) is 13.1. The van der Waals surface area contributed by atoms with E-state index < -0.39 is 5.24 Å². The quantitative estimate of drug-likeness (QED) is 0.621. The molecule has 0 radical (unpaired) electrons. The lowest BCUT2D eigenvalue weighted by Crippen LogP contribution is -2.40. The fourth-order valence-corrected chi connectivity index (χ4v) is 4.14. The van der Waals surface area contributed by atoms with Gasteiger partial charge in [-0.25, -0.2) is 0 Å². The molecule has 2 rings (SSSR count). The molecule has 1 saturated heterocycles. The van der Waals surface area contributed by atoms with Gasteiger partial charge in [0.2, 0.25) is 0 Å². The first-order chi connectivity index (χ1) is 8.09. The molecule has 0 saturated carbocycles. The smallest absolute Gasteiger partial charge is 0.265 e. The third-order valence-electron chi connectivity index (χ3n) is 2.25. The van der Waals surface area contributed by atoms with E-state index in [0.717, 1.165) is 22.7 Å². The van der Waals surface area contributed by atoms with Gasteiger partial charge >= 0.3 is 0 Å². The number of hydrogen-bond donors (Lipinski definition) is 0. The molecule has 8 heteroatoms. The predicted octanol–water partition coefficient (Wildman–Crippen LogP) is 2.39. The summed E-state index contributed by atoms with van der Waals surface area (Å²) in [5, 5.41) is -0.626. The molecule has 4 nitrogen and oxygen atoms in total. The number of rotatable bonds is 2. The lowest BCUT2D eigenvalue weighted by atomic mass is 10.3. The molecular weight excluding hydrogens is 302 g/mol. The fourth-order valence-electron chi connectivity index (χ4n) is 1.46. The number of morpholine rings is 1. The van der Waals surface area contributed by atoms with E-state index in [9.17, 15) is 9.59 Å². The lowest BCUT2D eigenvalue weighted by molar-refractivity contribution is 0.0305. The molecule has 1 aliphatic rings. The molecule has 1 fully saturated rings. The standard InChI is InChI=1S/C9H8ClNO3S3/c10-7(12)5-6(17-9(15)16-5)8(13)11-1-3-14-4-2-11/h1-4H2. The van der Waals surface area contributed by atoms with Crippen LogP contribution in [0, 0.1) is 3.14 Å². The minimum Gasteiger partial charge on any atom is -0.378 e. The molecule has 0 aliphatic carbocycles. The first-order valence-electron chi connectivity index (χ1n) is 4.80. The highest BCUT2D eigenvalue weighted by Crippen LogP contribution is 2.28. The van der Waals surface area contributed by atoms with Crippen LogP contribution in [0.2, 0.25) is 0 Å². The van der Waals surface area contributed by atoms with Gasteiger partial charge < -0.3 is 9.64 Å². The average molecular weight is 310 g/mol. The molecule has 1 aromatic rings. The highest BCUT2D eigenvalue weighted by molar-refractivity contribution is 7.76. The van der Waals surface area contributed by atoms with Gasteiger partial charge in [0, 0.05) is 13.1 Å². The Kier molecular flexibility index (Phi) is 4.26. The van der Waals surface area contributed by atoms with Crippen molar-refractivity contribution in [3.8, 4) is 0 Å². The molecule has 0 unspecified atom stereocenters. The summed E-state index contributed by atoms with van der Waals surface area (Å²) in [5.41, 5.74) is 0. The molecule has 17 heavy (non-hydrogen) atoms. The van der Waals surface area contributed by atoms with Crippen molar-refractivity contribution >= 4 is 57.6 Å². The molecular formula is C9H8ClNO3S3. The van der Waals surface area contributed by atoms with Crippen LogP contribution in [0.25, 0.3) is 0 Å². The lowest BCUT2D eigenvalue weighted by Gasteiger charge is -2.26. The van der Waals surface area contributed by atoms with Crippen LogP contribution in [0.5, 0.6) is 0 Å². The Morgan fingerprint density at radius 2 is 1.82 bits per heavy atom. The second kappa shape index (κ2) is 5.53. The van der Waals surface area contributed by atoms with E-state index in [1.54, 1.807) is 4.90 Å². The average Bonchev–Trinajstić information content (AvgIpc) is 2.72. The highest BCUT2D eigenvalue weighted by Gasteiger charge is 2.25. The Bertz CT molecular complexity index is 504. The number of halogens is 1. The van der Waals surface area contributed by atoms with E-state index in [-0.39, 0.29) is 10.8 Å². The van der Waals surface area contributed by atoms with Gasteiger partial charge in [0.25, 0.3) is 11.1 Å². The fraction of sp³-hybridized carbons (Fsp3) is 0.444. The molecule has 1 aromatic heterocycles. The van der Waals surface area contributed by atoms with Gasteiger partial charge in [-0.2, -0.15) is 0 Å². The van der Waals surface area contributed by atoms with Crippen molar-refractivity contribution in [3.05, 3.63) is 12.9 Å². The Morgan fingerprint density at radius 1 is 1.24 bits per heavy atom. The summed E-state index contributed by atoms with van der Waals surface area (Å²) in [6.45, 7) is 2.10. The predicted molar refractivity (Wildman–Crippen MR) is 69.9 cm³/mol. The number of amides is 1. The second-order valence-corrected chi connectivity index (χ2v) is 6.86. The van der Waals surface area contributed by atoms with Gasteiger partial charge in [0.1, 0.15) is 12.9 Å². The van der Waals surface area contributed by atoms with Crippen molar-refractivity contribution < 1.29 is 14.3 Å². The van der Waals surface area contributed by atoms with Crippen LogP contribution in [0.1, 0.15) is 19.3 Å². The number of carbonyl (C=O) groups is 2. The minimum atomic E-state index is -0.626. The van der Waals surface area contributed by atoms with E-state index in [1.807, 2.05) is 0 Å². The first-order valence-corrected chi connectivity index (χ1v) is 7.22. The Hall–Kier alpha value is -0.340. The van der Waals surface area contributed by atoms with Crippen LogP contribution in [0.15, 0.2) is 0 Å². The van der Waals surface area contributed by atoms with Crippen LogP contribution in [0.3, 0.4) is 0 Å². The monoisotopic (exact) mass is 309 g/mol. The zero-order valence-corrected chi connectivity index (χ0v) is 11.8. The summed E-state index contributed by atoms with van der Waals surface area (Å²) >= 11 is 12.7. The van der Waals surface area contributed by atoms with Crippen molar-refractivity contribution in [1.82, 2.24) is 4.90 Å². The summed E-state index contributed by atoms with van der Waals surface area (Å²) < 4.78 is 5.70. The molecule has 92 valence electrons. The summed E-state index contributed by atoms with van der Waals surface area (Å²) in [6, 6.07) is 0. The summed E-state index contributed by atoms with van der Waals surface area (Å²) in [5.74, 6) is -0.186. The summed E-state index contributed by atoms with van der Waals surface area (Å²) in [6.07, 6.45) is 0. The Balaban J connectivity index is 2.29. The van der Waals surface area contributed by atoms with E-state index >= 15 is 0 Å². The zero-order valence-electron chi connectivity index (χ0n) is 8.60. The number of carbonyl (C=O) groups excluding carboxylic acids is 2. The van der Waals surface area contributed by atoms with Gasteiger partial charge in [0.05, 0.1) is 13.2 Å². The van der Waals surface area contributed by atoms with Crippen molar-refractivity contribution in [3.63, 3.8) is 0 Å². The van der Waals surface area contributed by atoms with Crippen molar-refractivity contribution in [2.75, 3.05) is 26.3 Å². The van der Waals surface area contributed by atoms with Gasteiger partial charge in [-0.3, -0.25) is 9.59 Å². The molecule has 0 bridgehead atoms. The maximum absolute atomic E-state index is 12.2. The van der Waals surface area contributed by atoms with Gasteiger partial charge in [0.15, 0.2) is 0 Å². The van der Waals surface area contributed by atoms with Crippen LogP contribution in [0.4, 0.5) is 0 Å². The van der Waals surface area contributed by atoms with Crippen LogP contribution < -0.4 is 0 Å². The molecule has 2 heterocycles. The van der Waals surface area contributed by atoms with Crippen LogP contribution in [-0.4, -0.2) is 42.4 Å². The summed E-state index contributed by atoms with van der Waals surface area (Å²) in [4.78, 5) is 25.6. The normalized spacial score (nSPS) is 15.9. The van der Waals surface area contributed by atoms with Crippen molar-refractivity contribution in [2.24, 2.45) is 0 Å². The number of hydrogen-bond acceptors (Lipinski definition) is 6. The zero-order chi connectivity index (χ0) is 12.4. The van der Waals surface area contributed by atoms with Crippen LogP contribution >= 0.6 is 46.5 Å². The largest absolute Gasteiger partial charge is 0.378 e. The van der Waals surface area contributed by atoms with Crippen molar-refractivity contribution in [2.45, 2.75) is 0 Å². The number of nitrogens with zero attached hydrogens (tertiary/aromatic N) is 1. The van der Waals surface area contributed by atoms with Gasteiger partial charge in [-0.1, -0.05) is 12.2 Å². The SMILES string of the molecule is O=C(Cl)c1sc(=S)sc1C(=O)N1CCOCC1. The second-order valence-electron chi connectivity index (χ2n) is 3.29. The topological polar surface area (TPSA) is 46.6 Å². The molecule has 0 N–H and O–H groups in total. The molecule has 0 aromatic carbocycles. The Morgan fingerprint density at radius 3 is 2.41 bits per heavy atom. The minimum absolute atomic E-state index is 0.186. The molecule has 1 amide bonds. The van der Waals surface area contributed by atoms with E-state index in [0.29, 0.717) is 34.3 Å². The maximum Gasteiger partial charge on any atom is 0.265 e. The van der Waals surface area contributed by atoms with Crippen molar-refractivity contribution in [1.29, 1.82) is 0 Å². The van der Waals surface area contributed by atoms with E-state index in [4.69, 9.17) is 28.6 Å². The molecule has 0 atom stereocenters. The third kappa shape index (κ3) is 2.92.